The molecule has 2 heterocycles. The van der Waals surface area contributed by atoms with Crippen molar-refractivity contribution >= 4 is 27.9 Å². The van der Waals surface area contributed by atoms with Crippen LogP contribution in [-0.4, -0.2) is 15.3 Å². The second-order valence-corrected chi connectivity index (χ2v) is 7.25. The van der Waals surface area contributed by atoms with Gasteiger partial charge in [-0.1, -0.05) is 31.2 Å². The molecule has 4 aromatic rings. The smallest absolute Gasteiger partial charge is 0.230 e. The van der Waals surface area contributed by atoms with Crippen LogP contribution in [0.1, 0.15) is 18.2 Å². The topological polar surface area (TPSA) is 46.4 Å². The highest BCUT2D eigenvalue weighted by molar-refractivity contribution is 7.15. The number of amides is 1. The molecule has 0 bridgehead atoms. The first kappa shape index (κ1) is 18.3. The Morgan fingerprint density at radius 3 is 2.64 bits per heavy atom. The van der Waals surface area contributed by atoms with Gasteiger partial charge in [0.05, 0.1) is 12.1 Å². The third kappa shape index (κ3) is 3.66. The van der Waals surface area contributed by atoms with Crippen LogP contribution in [0.4, 0.5) is 14.5 Å². The second kappa shape index (κ2) is 7.52. The summed E-state index contributed by atoms with van der Waals surface area (Å²) in [6.07, 6.45) is 2.99. The SMILES string of the molecule is CCc1ccc(-c2cn3c(CC(=O)Nc4ccc(F)c(F)c4)csc3n2)cc1. The van der Waals surface area contributed by atoms with Gasteiger partial charge in [-0.2, -0.15) is 0 Å². The maximum Gasteiger partial charge on any atom is 0.230 e. The number of carbonyl (C=O) groups excluding carboxylic acids is 1. The molecule has 142 valence electrons. The summed E-state index contributed by atoms with van der Waals surface area (Å²) in [5.41, 5.74) is 4.13. The molecule has 1 N–H and O–H groups in total. The highest BCUT2D eigenvalue weighted by Crippen LogP contribution is 2.24. The van der Waals surface area contributed by atoms with Gasteiger partial charge in [0.25, 0.3) is 0 Å². The van der Waals surface area contributed by atoms with Crippen molar-refractivity contribution in [2.45, 2.75) is 19.8 Å². The Morgan fingerprint density at radius 1 is 1.14 bits per heavy atom. The molecule has 0 aliphatic carbocycles. The van der Waals surface area contributed by atoms with Crippen LogP contribution in [0.3, 0.4) is 0 Å². The number of halogens is 2. The van der Waals surface area contributed by atoms with Gasteiger partial charge < -0.3 is 5.32 Å². The zero-order chi connectivity index (χ0) is 19.7. The van der Waals surface area contributed by atoms with E-state index in [9.17, 15) is 13.6 Å². The minimum atomic E-state index is -0.996. The monoisotopic (exact) mass is 397 g/mol. The molecule has 2 aromatic carbocycles. The number of nitrogens with one attached hydrogen (secondary N) is 1. The molecule has 0 aliphatic heterocycles. The fourth-order valence-corrected chi connectivity index (χ4v) is 3.82. The number of benzene rings is 2. The number of fused-ring (bicyclic) bond motifs is 1. The molecule has 0 atom stereocenters. The lowest BCUT2D eigenvalue weighted by Gasteiger charge is -2.05. The van der Waals surface area contributed by atoms with E-state index in [1.165, 1.54) is 23.0 Å². The Labute approximate surface area is 164 Å². The molecule has 0 saturated carbocycles. The van der Waals surface area contributed by atoms with Gasteiger partial charge in [-0.05, 0) is 24.1 Å². The second-order valence-electron chi connectivity index (χ2n) is 6.41. The molecule has 0 spiro atoms. The standard InChI is InChI=1S/C21H17F2N3OS/c1-2-13-3-5-14(6-4-13)19-11-26-16(12-28-21(26)25-19)10-20(27)24-15-7-8-17(22)18(23)9-15/h3-9,11-12H,2,10H2,1H3,(H,24,27). The van der Waals surface area contributed by atoms with Gasteiger partial charge in [-0.25, -0.2) is 13.8 Å². The van der Waals surface area contributed by atoms with Gasteiger partial charge >= 0.3 is 0 Å². The van der Waals surface area contributed by atoms with Crippen molar-refractivity contribution in [3.8, 4) is 11.3 Å². The van der Waals surface area contributed by atoms with E-state index in [0.717, 1.165) is 40.5 Å². The third-order valence-electron chi connectivity index (χ3n) is 4.49. The molecule has 0 radical (unpaired) electrons. The number of rotatable bonds is 5. The summed E-state index contributed by atoms with van der Waals surface area (Å²) in [7, 11) is 0. The Balaban J connectivity index is 1.53. The predicted octanol–water partition coefficient (Wildman–Crippen LogP) is 5.08. The highest BCUT2D eigenvalue weighted by atomic mass is 32.1. The van der Waals surface area contributed by atoms with Crippen molar-refractivity contribution in [2.24, 2.45) is 0 Å². The Bertz CT molecular complexity index is 1150. The zero-order valence-corrected chi connectivity index (χ0v) is 15.9. The molecule has 0 saturated heterocycles. The lowest BCUT2D eigenvalue weighted by Crippen LogP contribution is -2.15. The van der Waals surface area contributed by atoms with E-state index in [2.05, 4.69) is 29.4 Å². The summed E-state index contributed by atoms with van der Waals surface area (Å²) in [6.45, 7) is 2.11. The van der Waals surface area contributed by atoms with Crippen LogP contribution in [0, 0.1) is 11.6 Å². The van der Waals surface area contributed by atoms with Crippen molar-refractivity contribution in [1.29, 1.82) is 0 Å². The average Bonchev–Trinajstić information content (AvgIpc) is 3.27. The minimum Gasteiger partial charge on any atom is -0.326 e. The largest absolute Gasteiger partial charge is 0.326 e. The maximum atomic E-state index is 13.3. The van der Waals surface area contributed by atoms with Crippen LogP contribution >= 0.6 is 11.3 Å². The Kier molecular flexibility index (Phi) is 4.92. The number of aryl methyl sites for hydroxylation is 1. The van der Waals surface area contributed by atoms with E-state index in [-0.39, 0.29) is 18.0 Å². The van der Waals surface area contributed by atoms with Crippen LogP contribution < -0.4 is 5.32 Å². The first-order chi connectivity index (χ1) is 13.5. The van der Waals surface area contributed by atoms with Crippen molar-refractivity contribution in [1.82, 2.24) is 9.38 Å². The molecular formula is C21H17F2N3OS. The van der Waals surface area contributed by atoms with E-state index in [1.807, 2.05) is 28.1 Å². The van der Waals surface area contributed by atoms with Crippen molar-refractivity contribution in [2.75, 3.05) is 5.32 Å². The number of imidazole rings is 1. The average molecular weight is 397 g/mol. The fraction of sp³-hybridized carbons (Fsp3) is 0.143. The summed E-state index contributed by atoms with van der Waals surface area (Å²) in [4.78, 5) is 17.7. The Hall–Kier alpha value is -3.06. The third-order valence-corrected chi connectivity index (χ3v) is 5.38. The van der Waals surface area contributed by atoms with Crippen LogP contribution in [0.15, 0.2) is 54.0 Å². The fourth-order valence-electron chi connectivity index (χ4n) is 2.95. The number of hydrogen-bond acceptors (Lipinski definition) is 3. The number of anilines is 1. The van der Waals surface area contributed by atoms with Crippen molar-refractivity contribution in [3.05, 3.63) is 76.9 Å². The van der Waals surface area contributed by atoms with E-state index < -0.39 is 11.6 Å². The summed E-state index contributed by atoms with van der Waals surface area (Å²) in [5, 5.41) is 4.46. The first-order valence-corrected chi connectivity index (χ1v) is 9.71. The number of aromatic nitrogens is 2. The molecular weight excluding hydrogens is 380 g/mol. The van der Waals surface area contributed by atoms with Gasteiger partial charge in [0.1, 0.15) is 0 Å². The highest BCUT2D eigenvalue weighted by Gasteiger charge is 2.13. The minimum absolute atomic E-state index is 0.101. The number of nitrogens with zero attached hydrogens (tertiary/aromatic N) is 2. The molecule has 7 heteroatoms. The normalized spacial score (nSPS) is 11.1. The van der Waals surface area contributed by atoms with Crippen molar-refractivity contribution < 1.29 is 13.6 Å². The molecule has 0 fully saturated rings. The number of thiazole rings is 1. The Morgan fingerprint density at radius 2 is 1.93 bits per heavy atom. The lowest BCUT2D eigenvalue weighted by molar-refractivity contribution is -0.115. The van der Waals surface area contributed by atoms with E-state index >= 15 is 0 Å². The van der Waals surface area contributed by atoms with Gasteiger partial charge in [0.2, 0.25) is 5.91 Å². The van der Waals surface area contributed by atoms with Crippen molar-refractivity contribution in [3.63, 3.8) is 0 Å². The van der Waals surface area contributed by atoms with E-state index in [0.29, 0.717) is 0 Å². The summed E-state index contributed by atoms with van der Waals surface area (Å²) in [5.74, 6) is -2.26. The van der Waals surface area contributed by atoms with Crippen LogP contribution in [0.5, 0.6) is 0 Å². The van der Waals surface area contributed by atoms with E-state index in [1.54, 1.807) is 0 Å². The molecule has 2 aromatic heterocycles. The van der Waals surface area contributed by atoms with E-state index in [4.69, 9.17) is 0 Å². The predicted molar refractivity (Wildman–Crippen MR) is 107 cm³/mol. The molecule has 4 rings (SSSR count). The lowest BCUT2D eigenvalue weighted by atomic mass is 10.1. The molecule has 1 amide bonds. The van der Waals surface area contributed by atoms with Crippen LogP contribution in [-0.2, 0) is 17.6 Å². The maximum absolute atomic E-state index is 13.3. The molecule has 0 unspecified atom stereocenters. The van der Waals surface area contributed by atoms with Gasteiger partial charge in [-0.3, -0.25) is 9.20 Å². The number of carbonyl (C=O) groups is 1. The van der Waals surface area contributed by atoms with Gasteiger partial charge in [0.15, 0.2) is 16.6 Å². The van der Waals surface area contributed by atoms with Gasteiger partial charge in [0, 0.05) is 34.6 Å². The summed E-state index contributed by atoms with van der Waals surface area (Å²) < 4.78 is 28.2. The number of hydrogen-bond donors (Lipinski definition) is 1. The quantitative estimate of drug-likeness (QED) is 0.510. The molecule has 0 aliphatic rings. The van der Waals surface area contributed by atoms with Crippen LogP contribution in [0.2, 0.25) is 0 Å². The zero-order valence-electron chi connectivity index (χ0n) is 15.1. The first-order valence-electron chi connectivity index (χ1n) is 8.83. The summed E-state index contributed by atoms with van der Waals surface area (Å²) >= 11 is 1.45. The molecule has 28 heavy (non-hydrogen) atoms. The molecule has 4 nitrogen and oxygen atoms in total. The van der Waals surface area contributed by atoms with Gasteiger partial charge in [-0.15, -0.1) is 11.3 Å². The summed E-state index contributed by atoms with van der Waals surface area (Å²) in [6, 6.07) is 11.5. The van der Waals surface area contributed by atoms with Crippen LogP contribution in [0.25, 0.3) is 16.2 Å².